The van der Waals surface area contributed by atoms with Crippen LogP contribution >= 0.6 is 11.6 Å². The van der Waals surface area contributed by atoms with Crippen molar-refractivity contribution in [3.05, 3.63) is 35.9 Å². The maximum Gasteiger partial charge on any atom is 0.219 e. The monoisotopic (exact) mass is 323 g/mol. The van der Waals surface area contributed by atoms with Gasteiger partial charge in [-0.2, -0.15) is 5.10 Å². The molecule has 1 amide bonds. The number of amides is 1. The first-order valence-electron chi connectivity index (χ1n) is 6.80. The smallest absolute Gasteiger partial charge is 0.219 e. The third kappa shape index (κ3) is 3.75. The number of nitrogens with zero attached hydrogens (tertiary/aromatic N) is 4. The molecule has 0 aliphatic carbocycles. The normalized spacial score (nSPS) is 12.0. The Labute approximate surface area is 133 Å². The van der Waals surface area contributed by atoms with Crippen molar-refractivity contribution in [1.29, 1.82) is 0 Å². The molecule has 2 rings (SSSR count). The van der Waals surface area contributed by atoms with Crippen LogP contribution < -0.4 is 10.2 Å². The first-order chi connectivity index (χ1) is 10.5. The number of aromatic nitrogens is 3. The highest BCUT2D eigenvalue weighted by Crippen LogP contribution is 2.26. The maximum atomic E-state index is 11.2. The molecule has 0 aliphatic heterocycles. The summed E-state index contributed by atoms with van der Waals surface area (Å²) in [5, 5.41) is 17.2. The van der Waals surface area contributed by atoms with Crippen molar-refractivity contribution in [2.75, 3.05) is 19.0 Å². The topological polar surface area (TPSA) is 83.3 Å². The van der Waals surface area contributed by atoms with E-state index >= 15 is 0 Å². The average Bonchev–Trinajstić information content (AvgIpc) is 2.94. The Hall–Kier alpha value is -2.12. The van der Waals surface area contributed by atoms with Crippen LogP contribution in [-0.2, 0) is 4.79 Å². The summed E-state index contributed by atoms with van der Waals surface area (Å²) in [5.41, 5.74) is 1.35. The summed E-state index contributed by atoms with van der Waals surface area (Å²) in [6.07, 6.45) is 4.74. The molecule has 7 nitrogen and oxygen atoms in total. The third-order valence-electron chi connectivity index (χ3n) is 3.30. The maximum absolute atomic E-state index is 11.2. The molecule has 2 aromatic heterocycles. The summed E-state index contributed by atoms with van der Waals surface area (Å²) in [6, 6.07) is 3.65. The second-order valence-electron chi connectivity index (χ2n) is 4.76. The Morgan fingerprint density at radius 3 is 3.00 bits per heavy atom. The lowest BCUT2D eigenvalue weighted by Crippen LogP contribution is -2.32. The lowest BCUT2D eigenvalue weighted by Gasteiger charge is -2.24. The van der Waals surface area contributed by atoms with Crippen LogP contribution in [0, 0.1) is 0 Å². The molecule has 22 heavy (non-hydrogen) atoms. The Morgan fingerprint density at radius 1 is 1.59 bits per heavy atom. The van der Waals surface area contributed by atoms with Gasteiger partial charge in [-0.05, 0) is 12.1 Å². The molecule has 0 fully saturated rings. The van der Waals surface area contributed by atoms with Crippen molar-refractivity contribution in [1.82, 2.24) is 20.1 Å². The van der Waals surface area contributed by atoms with E-state index in [-0.39, 0.29) is 17.5 Å². The average molecular weight is 324 g/mol. The molecular weight excluding hydrogens is 306 g/mol. The minimum absolute atomic E-state index is 0.121. The van der Waals surface area contributed by atoms with Gasteiger partial charge in [-0.1, -0.05) is 11.6 Å². The fourth-order valence-electron chi connectivity index (χ4n) is 1.94. The number of hydrogen-bond acceptors (Lipinski definition) is 5. The highest BCUT2D eigenvalue weighted by atomic mass is 35.5. The van der Waals surface area contributed by atoms with E-state index in [2.05, 4.69) is 15.4 Å². The van der Waals surface area contributed by atoms with Gasteiger partial charge in [0, 0.05) is 33.1 Å². The van der Waals surface area contributed by atoms with Crippen molar-refractivity contribution in [2.24, 2.45) is 0 Å². The van der Waals surface area contributed by atoms with Gasteiger partial charge in [0.25, 0.3) is 0 Å². The molecule has 0 saturated heterocycles. The Morgan fingerprint density at radius 2 is 2.36 bits per heavy atom. The van der Waals surface area contributed by atoms with Crippen molar-refractivity contribution < 1.29 is 9.90 Å². The molecule has 2 N–H and O–H groups in total. The number of aliphatic hydroxyl groups excluding tert-OH is 1. The fourth-order valence-corrected chi connectivity index (χ4v) is 2.20. The molecule has 1 unspecified atom stereocenters. The summed E-state index contributed by atoms with van der Waals surface area (Å²) in [7, 11) is 3.26. The van der Waals surface area contributed by atoms with Crippen LogP contribution in [0.25, 0.3) is 5.69 Å². The van der Waals surface area contributed by atoms with E-state index in [9.17, 15) is 9.90 Å². The molecular formula is C14H18ClN5O2. The van der Waals surface area contributed by atoms with Gasteiger partial charge in [0.1, 0.15) is 6.23 Å². The van der Waals surface area contributed by atoms with Crippen molar-refractivity contribution in [2.45, 2.75) is 19.1 Å². The van der Waals surface area contributed by atoms with Gasteiger partial charge in [-0.3, -0.25) is 9.78 Å². The third-order valence-corrected chi connectivity index (χ3v) is 3.57. The van der Waals surface area contributed by atoms with Crippen LogP contribution in [-0.4, -0.2) is 46.1 Å². The number of anilines is 1. The van der Waals surface area contributed by atoms with Crippen LogP contribution in [0.5, 0.6) is 0 Å². The number of carbonyl (C=O) groups excluding carboxylic acids is 1. The van der Waals surface area contributed by atoms with Crippen molar-refractivity contribution in [3.63, 3.8) is 0 Å². The number of halogens is 1. The van der Waals surface area contributed by atoms with Gasteiger partial charge in [-0.25, -0.2) is 4.68 Å². The van der Waals surface area contributed by atoms with Crippen LogP contribution in [0.2, 0.25) is 5.15 Å². The summed E-state index contributed by atoms with van der Waals surface area (Å²) in [4.78, 5) is 16.9. The van der Waals surface area contributed by atoms with Gasteiger partial charge in [0.15, 0.2) is 5.15 Å². The van der Waals surface area contributed by atoms with Crippen LogP contribution in [0.1, 0.15) is 12.8 Å². The molecule has 0 radical (unpaired) electrons. The fraction of sp³-hybridized carbons (Fsp3) is 0.357. The molecule has 1 atom stereocenters. The second-order valence-corrected chi connectivity index (χ2v) is 5.12. The number of rotatable bonds is 6. The van der Waals surface area contributed by atoms with Crippen LogP contribution in [0.3, 0.4) is 0 Å². The minimum Gasteiger partial charge on any atom is -0.374 e. The molecule has 0 aliphatic rings. The predicted octanol–water partition coefficient (Wildman–Crippen LogP) is 1.20. The molecule has 118 valence electrons. The number of pyridine rings is 1. The standard InChI is InChI=1S/C14H18ClN5O2/c1-16-12(21)5-6-13(22)19(2)11-9-20(18-14(11)15)10-4-3-7-17-8-10/h3-4,7-9,13,22H,5-6H2,1-2H3,(H,16,21). The molecule has 8 heteroatoms. The summed E-state index contributed by atoms with van der Waals surface area (Å²) < 4.78 is 1.59. The van der Waals surface area contributed by atoms with E-state index in [4.69, 9.17) is 11.6 Å². The zero-order valence-corrected chi connectivity index (χ0v) is 13.2. The second kappa shape index (κ2) is 7.24. The highest BCUT2D eigenvalue weighted by molar-refractivity contribution is 6.32. The molecule has 0 aromatic carbocycles. The zero-order chi connectivity index (χ0) is 16.1. The molecule has 0 bridgehead atoms. The Bertz CT molecular complexity index is 631. The van der Waals surface area contributed by atoms with Crippen LogP contribution in [0.15, 0.2) is 30.7 Å². The summed E-state index contributed by atoms with van der Waals surface area (Å²) in [6.45, 7) is 0. The van der Waals surface area contributed by atoms with E-state index in [1.54, 1.807) is 48.3 Å². The van der Waals surface area contributed by atoms with Gasteiger partial charge in [0.2, 0.25) is 5.91 Å². The first-order valence-corrected chi connectivity index (χ1v) is 7.17. The molecule has 2 aromatic rings. The minimum atomic E-state index is -0.832. The quantitative estimate of drug-likeness (QED) is 0.781. The van der Waals surface area contributed by atoms with E-state index < -0.39 is 6.23 Å². The summed E-state index contributed by atoms with van der Waals surface area (Å²) >= 11 is 6.14. The largest absolute Gasteiger partial charge is 0.374 e. The van der Waals surface area contributed by atoms with Crippen LogP contribution in [0.4, 0.5) is 5.69 Å². The highest BCUT2D eigenvalue weighted by Gasteiger charge is 2.19. The van der Waals surface area contributed by atoms with Gasteiger partial charge in [0.05, 0.1) is 23.8 Å². The van der Waals surface area contributed by atoms with E-state index in [1.807, 2.05) is 6.07 Å². The number of hydrogen-bond donors (Lipinski definition) is 2. The molecule has 0 saturated carbocycles. The van der Waals surface area contributed by atoms with E-state index in [1.165, 1.54) is 0 Å². The van der Waals surface area contributed by atoms with Gasteiger partial charge >= 0.3 is 0 Å². The van der Waals surface area contributed by atoms with Crippen molar-refractivity contribution in [3.8, 4) is 5.69 Å². The number of nitrogens with one attached hydrogen (secondary N) is 1. The van der Waals surface area contributed by atoms with Crippen molar-refractivity contribution >= 4 is 23.2 Å². The zero-order valence-electron chi connectivity index (χ0n) is 12.4. The lowest BCUT2D eigenvalue weighted by atomic mass is 10.2. The SMILES string of the molecule is CNC(=O)CCC(O)N(C)c1cn(-c2cccnc2)nc1Cl. The first kappa shape index (κ1) is 16.3. The number of carbonyl (C=O) groups is 1. The van der Waals surface area contributed by atoms with E-state index in [0.29, 0.717) is 12.1 Å². The number of aliphatic hydroxyl groups is 1. The summed E-state index contributed by atoms with van der Waals surface area (Å²) in [5.74, 6) is -0.121. The van der Waals surface area contributed by atoms with Gasteiger partial charge < -0.3 is 15.3 Å². The Balaban J connectivity index is 2.11. The lowest BCUT2D eigenvalue weighted by molar-refractivity contribution is -0.121. The van der Waals surface area contributed by atoms with E-state index in [0.717, 1.165) is 5.69 Å². The molecule has 2 heterocycles. The predicted molar refractivity (Wildman–Crippen MR) is 84.1 cm³/mol. The van der Waals surface area contributed by atoms with Gasteiger partial charge in [-0.15, -0.1) is 0 Å². The molecule has 0 spiro atoms. The Kier molecular flexibility index (Phi) is 5.35.